The number of hydrogen-bond acceptors (Lipinski definition) is 4. The third kappa shape index (κ3) is 7.10. The second-order valence-electron chi connectivity index (χ2n) is 6.24. The molecule has 0 atom stereocenters. The van der Waals surface area contributed by atoms with Crippen LogP contribution in [0.5, 0.6) is 5.75 Å². The van der Waals surface area contributed by atoms with Crippen molar-refractivity contribution in [2.24, 2.45) is 5.10 Å². The van der Waals surface area contributed by atoms with Crippen molar-refractivity contribution in [2.75, 3.05) is 11.9 Å². The number of hydrazone groups is 1. The zero-order valence-electron chi connectivity index (χ0n) is 15.9. The third-order valence-corrected chi connectivity index (χ3v) is 5.00. The molecule has 0 fully saturated rings. The number of benzene rings is 3. The fourth-order valence-corrected chi connectivity index (χ4v) is 3.05. The van der Waals surface area contributed by atoms with Crippen LogP contribution in [0.25, 0.3) is 0 Å². The summed E-state index contributed by atoms with van der Waals surface area (Å²) in [4.78, 5) is 24.0. The van der Waals surface area contributed by atoms with Gasteiger partial charge in [-0.05, 0) is 72.3 Å². The molecule has 31 heavy (non-hydrogen) atoms. The number of carbonyl (C=O) groups is 2. The maximum Gasteiger partial charge on any atom is 0.271 e. The average molecular weight is 521 g/mol. The van der Waals surface area contributed by atoms with E-state index >= 15 is 0 Å². The number of nitrogens with zero attached hydrogens (tertiary/aromatic N) is 1. The van der Waals surface area contributed by atoms with Crippen LogP contribution in [0.1, 0.15) is 15.9 Å². The van der Waals surface area contributed by atoms with Gasteiger partial charge in [-0.25, -0.2) is 5.43 Å². The molecule has 6 nitrogen and oxygen atoms in total. The molecule has 0 radical (unpaired) electrons. The Bertz CT molecular complexity index is 1100. The summed E-state index contributed by atoms with van der Waals surface area (Å²) in [6.07, 6.45) is 1.46. The van der Waals surface area contributed by atoms with Gasteiger partial charge in [-0.3, -0.25) is 9.59 Å². The van der Waals surface area contributed by atoms with Gasteiger partial charge in [0.25, 0.3) is 11.8 Å². The smallest absolute Gasteiger partial charge is 0.271 e. The predicted octanol–water partition coefficient (Wildman–Crippen LogP) is 5.54. The maximum atomic E-state index is 12.0. The Hall–Kier alpha value is -2.87. The molecule has 0 heterocycles. The molecule has 2 amide bonds. The molecule has 0 aromatic heterocycles. The molecule has 0 unspecified atom stereocenters. The zero-order chi connectivity index (χ0) is 22.2. The molecule has 3 aromatic carbocycles. The molecule has 9 heteroatoms. The first kappa shape index (κ1) is 22.8. The minimum absolute atomic E-state index is 0.209. The number of carbonyl (C=O) groups excluding carboxylic acids is 2. The van der Waals surface area contributed by atoms with Gasteiger partial charge in [0.1, 0.15) is 5.75 Å². The first-order chi connectivity index (χ1) is 14.9. The van der Waals surface area contributed by atoms with Crippen LogP contribution in [0, 0.1) is 0 Å². The van der Waals surface area contributed by atoms with Crippen molar-refractivity contribution < 1.29 is 14.3 Å². The fourth-order valence-electron chi connectivity index (χ4n) is 2.42. The van der Waals surface area contributed by atoms with E-state index in [9.17, 15) is 9.59 Å². The summed E-state index contributed by atoms with van der Waals surface area (Å²) in [6.45, 7) is -0.209. The van der Waals surface area contributed by atoms with Crippen LogP contribution < -0.4 is 15.5 Å². The molecule has 0 saturated heterocycles. The van der Waals surface area contributed by atoms with Gasteiger partial charge in [-0.1, -0.05) is 39.1 Å². The van der Waals surface area contributed by atoms with Gasteiger partial charge in [-0.2, -0.15) is 5.10 Å². The van der Waals surface area contributed by atoms with E-state index in [1.807, 2.05) is 0 Å². The van der Waals surface area contributed by atoms with E-state index in [2.05, 4.69) is 31.8 Å². The Morgan fingerprint density at radius 3 is 2.39 bits per heavy atom. The van der Waals surface area contributed by atoms with Crippen molar-refractivity contribution in [3.63, 3.8) is 0 Å². The molecule has 158 valence electrons. The van der Waals surface area contributed by atoms with Gasteiger partial charge >= 0.3 is 0 Å². The molecule has 0 bridgehead atoms. The molecule has 0 saturated carbocycles. The Morgan fingerprint density at radius 2 is 1.71 bits per heavy atom. The zero-order valence-corrected chi connectivity index (χ0v) is 19.0. The number of nitrogens with one attached hydrogen (secondary N) is 2. The fraction of sp³-hybridized carbons (Fsp3) is 0.0455. The number of amides is 2. The number of anilines is 1. The van der Waals surface area contributed by atoms with E-state index in [0.717, 1.165) is 4.47 Å². The molecule has 0 aliphatic carbocycles. The predicted molar refractivity (Wildman–Crippen MR) is 126 cm³/mol. The summed E-state index contributed by atoms with van der Waals surface area (Å²) in [5.41, 5.74) is 4.20. The van der Waals surface area contributed by atoms with Crippen LogP contribution in [0.4, 0.5) is 5.69 Å². The van der Waals surface area contributed by atoms with Crippen LogP contribution >= 0.6 is 39.1 Å². The summed E-state index contributed by atoms with van der Waals surface area (Å²) in [7, 11) is 0. The Kier molecular flexibility index (Phi) is 8.06. The Morgan fingerprint density at radius 1 is 1.00 bits per heavy atom. The summed E-state index contributed by atoms with van der Waals surface area (Å²) in [6, 6.07) is 18.6. The number of rotatable bonds is 7. The lowest BCUT2D eigenvalue weighted by Gasteiger charge is -2.09. The second kappa shape index (κ2) is 10.9. The SMILES string of the molecule is O=C(COc1ccc(/C=N/NC(=O)c2ccc(Br)cc2)cc1Cl)Nc1ccc(Cl)cc1. The van der Waals surface area contributed by atoms with Crippen LogP contribution in [0.2, 0.25) is 10.0 Å². The van der Waals surface area contributed by atoms with Gasteiger partial charge in [0, 0.05) is 20.7 Å². The largest absolute Gasteiger partial charge is 0.482 e. The minimum Gasteiger partial charge on any atom is -0.482 e. The topological polar surface area (TPSA) is 79.8 Å². The summed E-state index contributed by atoms with van der Waals surface area (Å²) < 4.78 is 6.35. The van der Waals surface area contributed by atoms with Gasteiger partial charge in [-0.15, -0.1) is 0 Å². The lowest BCUT2D eigenvalue weighted by atomic mass is 10.2. The molecule has 0 aliphatic heterocycles. The third-order valence-electron chi connectivity index (χ3n) is 3.93. The van der Waals surface area contributed by atoms with Crippen molar-refractivity contribution in [2.45, 2.75) is 0 Å². The minimum atomic E-state index is -0.334. The number of ether oxygens (including phenoxy) is 1. The van der Waals surface area contributed by atoms with Gasteiger partial charge < -0.3 is 10.1 Å². The molecule has 2 N–H and O–H groups in total. The van der Waals surface area contributed by atoms with Crippen molar-refractivity contribution in [1.82, 2.24) is 5.43 Å². The van der Waals surface area contributed by atoms with E-state index < -0.39 is 0 Å². The van der Waals surface area contributed by atoms with Crippen LogP contribution in [-0.2, 0) is 4.79 Å². The Balaban J connectivity index is 1.51. The van der Waals surface area contributed by atoms with Gasteiger partial charge in [0.05, 0.1) is 11.2 Å². The highest BCUT2D eigenvalue weighted by atomic mass is 79.9. The normalized spacial score (nSPS) is 10.7. The van der Waals surface area contributed by atoms with Crippen LogP contribution in [0.15, 0.2) is 76.3 Å². The second-order valence-corrected chi connectivity index (χ2v) is 8.00. The summed E-state index contributed by atoms with van der Waals surface area (Å²) >= 11 is 15.3. The van der Waals surface area contributed by atoms with E-state index in [0.29, 0.717) is 32.6 Å². The quantitative estimate of drug-likeness (QED) is 0.317. The summed E-state index contributed by atoms with van der Waals surface area (Å²) in [5.74, 6) is -0.315. The lowest BCUT2D eigenvalue weighted by molar-refractivity contribution is -0.118. The van der Waals surface area contributed by atoms with Crippen LogP contribution in [-0.4, -0.2) is 24.6 Å². The first-order valence-corrected chi connectivity index (χ1v) is 10.5. The highest BCUT2D eigenvalue weighted by molar-refractivity contribution is 9.10. The van der Waals surface area contributed by atoms with Crippen molar-refractivity contribution in [3.05, 3.63) is 92.4 Å². The van der Waals surface area contributed by atoms with E-state index in [1.54, 1.807) is 66.7 Å². The number of hydrogen-bond donors (Lipinski definition) is 2. The van der Waals surface area contributed by atoms with Crippen molar-refractivity contribution in [3.8, 4) is 5.75 Å². The van der Waals surface area contributed by atoms with Crippen molar-refractivity contribution in [1.29, 1.82) is 0 Å². The standard InChI is InChI=1S/C22H16BrCl2N3O3/c23-16-4-2-15(3-5-16)22(30)28-26-12-14-1-10-20(19(25)11-14)31-13-21(29)27-18-8-6-17(24)7-9-18/h1-12H,13H2,(H,27,29)(H,28,30)/b26-12+. The molecule has 0 spiro atoms. The average Bonchev–Trinajstić information content (AvgIpc) is 2.75. The lowest BCUT2D eigenvalue weighted by Crippen LogP contribution is -2.20. The monoisotopic (exact) mass is 519 g/mol. The highest BCUT2D eigenvalue weighted by Crippen LogP contribution is 2.25. The summed E-state index contributed by atoms with van der Waals surface area (Å²) in [5, 5.41) is 7.51. The maximum absolute atomic E-state index is 12.0. The van der Waals surface area contributed by atoms with Gasteiger partial charge in [0.2, 0.25) is 0 Å². The molecule has 3 aromatic rings. The van der Waals surface area contributed by atoms with Gasteiger partial charge in [0.15, 0.2) is 6.61 Å². The van der Waals surface area contributed by atoms with E-state index in [1.165, 1.54) is 6.21 Å². The number of halogens is 3. The Labute approximate surface area is 197 Å². The molecular weight excluding hydrogens is 505 g/mol. The molecule has 3 rings (SSSR count). The first-order valence-electron chi connectivity index (χ1n) is 8.97. The molecule has 0 aliphatic rings. The highest BCUT2D eigenvalue weighted by Gasteiger charge is 2.08. The molecular formula is C22H16BrCl2N3O3. The van der Waals surface area contributed by atoms with E-state index in [-0.39, 0.29) is 18.4 Å². The van der Waals surface area contributed by atoms with E-state index in [4.69, 9.17) is 27.9 Å². The van der Waals surface area contributed by atoms with Crippen LogP contribution in [0.3, 0.4) is 0 Å². The van der Waals surface area contributed by atoms with Crippen molar-refractivity contribution >= 4 is 62.8 Å².